The van der Waals surface area contributed by atoms with E-state index in [1.807, 2.05) is 19.2 Å². The van der Waals surface area contributed by atoms with Crippen LogP contribution in [0.1, 0.15) is 12.1 Å². The predicted molar refractivity (Wildman–Crippen MR) is 64.5 cm³/mol. The van der Waals surface area contributed by atoms with Crippen LogP contribution >= 0.6 is 0 Å². The minimum atomic E-state index is 0.396. The Morgan fingerprint density at radius 2 is 2.44 bits per heavy atom. The summed E-state index contributed by atoms with van der Waals surface area (Å²) in [5, 5.41) is 3.06. The molecule has 4 heteroatoms. The molecule has 0 saturated carbocycles. The SMILES string of the molecule is CNc1cccc(CN2CCC(OC)C2)n1. The third kappa shape index (κ3) is 2.71. The first-order valence-corrected chi connectivity index (χ1v) is 5.70. The molecule has 0 radical (unpaired) electrons. The number of methoxy groups -OCH3 is 1. The summed E-state index contributed by atoms with van der Waals surface area (Å²) in [7, 11) is 3.68. The summed E-state index contributed by atoms with van der Waals surface area (Å²) in [5.41, 5.74) is 1.11. The maximum Gasteiger partial charge on any atom is 0.126 e. The van der Waals surface area contributed by atoms with Gasteiger partial charge in [0.25, 0.3) is 0 Å². The highest BCUT2D eigenvalue weighted by molar-refractivity contribution is 5.34. The van der Waals surface area contributed by atoms with Crippen molar-refractivity contribution < 1.29 is 4.74 Å². The molecule has 1 aromatic rings. The first-order chi connectivity index (χ1) is 7.81. The van der Waals surface area contributed by atoms with Crippen LogP contribution in [-0.4, -0.2) is 43.2 Å². The van der Waals surface area contributed by atoms with Crippen LogP contribution in [0, 0.1) is 0 Å². The number of nitrogens with zero attached hydrogens (tertiary/aromatic N) is 2. The van der Waals surface area contributed by atoms with Crippen molar-refractivity contribution in [3.05, 3.63) is 23.9 Å². The number of ether oxygens (including phenoxy) is 1. The zero-order valence-electron chi connectivity index (χ0n) is 9.94. The lowest BCUT2D eigenvalue weighted by atomic mass is 10.3. The second kappa shape index (κ2) is 5.27. The van der Waals surface area contributed by atoms with Crippen LogP contribution < -0.4 is 5.32 Å². The van der Waals surface area contributed by atoms with Gasteiger partial charge in [0.05, 0.1) is 11.8 Å². The Hall–Kier alpha value is -1.13. The van der Waals surface area contributed by atoms with Crippen molar-refractivity contribution in [1.82, 2.24) is 9.88 Å². The topological polar surface area (TPSA) is 37.4 Å². The van der Waals surface area contributed by atoms with Gasteiger partial charge in [-0.15, -0.1) is 0 Å². The fourth-order valence-corrected chi connectivity index (χ4v) is 2.07. The lowest BCUT2D eigenvalue weighted by molar-refractivity contribution is 0.107. The van der Waals surface area contributed by atoms with E-state index < -0.39 is 0 Å². The standard InChI is InChI=1S/C12H19N3O/c1-13-12-5-3-4-10(14-12)8-15-7-6-11(9-15)16-2/h3-5,11H,6-9H2,1-2H3,(H,13,14). The highest BCUT2D eigenvalue weighted by atomic mass is 16.5. The summed E-state index contributed by atoms with van der Waals surface area (Å²) in [5.74, 6) is 0.931. The molecule has 16 heavy (non-hydrogen) atoms. The fourth-order valence-electron chi connectivity index (χ4n) is 2.07. The number of anilines is 1. The number of rotatable bonds is 4. The van der Waals surface area contributed by atoms with Gasteiger partial charge in [0.15, 0.2) is 0 Å². The highest BCUT2D eigenvalue weighted by Gasteiger charge is 2.22. The van der Waals surface area contributed by atoms with Gasteiger partial charge in [-0.2, -0.15) is 0 Å². The van der Waals surface area contributed by atoms with Crippen molar-refractivity contribution in [2.75, 3.05) is 32.6 Å². The van der Waals surface area contributed by atoms with Crippen molar-refractivity contribution in [3.8, 4) is 0 Å². The van der Waals surface area contributed by atoms with E-state index in [-0.39, 0.29) is 0 Å². The summed E-state index contributed by atoms with van der Waals surface area (Å²) in [6, 6.07) is 6.09. The molecular weight excluding hydrogens is 202 g/mol. The van der Waals surface area contributed by atoms with Crippen LogP contribution in [0.15, 0.2) is 18.2 Å². The molecular formula is C12H19N3O. The van der Waals surface area contributed by atoms with E-state index in [9.17, 15) is 0 Å². The monoisotopic (exact) mass is 221 g/mol. The van der Waals surface area contributed by atoms with Gasteiger partial charge in [-0.05, 0) is 18.6 Å². The van der Waals surface area contributed by atoms with Gasteiger partial charge in [0, 0.05) is 33.8 Å². The first kappa shape index (κ1) is 11.4. The minimum Gasteiger partial charge on any atom is -0.380 e. The van der Waals surface area contributed by atoms with E-state index in [0.717, 1.165) is 37.6 Å². The maximum atomic E-state index is 5.35. The van der Waals surface area contributed by atoms with Crippen LogP contribution in [0.3, 0.4) is 0 Å². The molecule has 2 heterocycles. The van der Waals surface area contributed by atoms with Gasteiger partial charge < -0.3 is 10.1 Å². The summed E-state index contributed by atoms with van der Waals surface area (Å²) in [6.07, 6.45) is 1.52. The van der Waals surface area contributed by atoms with Crippen molar-refractivity contribution in [2.45, 2.75) is 19.1 Å². The molecule has 1 unspecified atom stereocenters. The molecule has 0 aliphatic carbocycles. The Kier molecular flexibility index (Phi) is 3.74. The van der Waals surface area contributed by atoms with Crippen LogP contribution in [-0.2, 0) is 11.3 Å². The molecule has 1 aromatic heterocycles. The average Bonchev–Trinajstić information content (AvgIpc) is 2.77. The molecule has 0 aromatic carbocycles. The third-order valence-corrected chi connectivity index (χ3v) is 3.01. The van der Waals surface area contributed by atoms with Crippen LogP contribution in [0.25, 0.3) is 0 Å². The van der Waals surface area contributed by atoms with Crippen molar-refractivity contribution in [1.29, 1.82) is 0 Å². The van der Waals surface area contributed by atoms with Gasteiger partial charge in [-0.3, -0.25) is 4.90 Å². The van der Waals surface area contributed by atoms with E-state index in [2.05, 4.69) is 21.3 Å². The molecule has 0 bridgehead atoms. The number of hydrogen-bond acceptors (Lipinski definition) is 4. The number of nitrogens with one attached hydrogen (secondary N) is 1. The second-order valence-corrected chi connectivity index (χ2v) is 4.15. The summed E-state index contributed by atoms with van der Waals surface area (Å²) in [6.45, 7) is 3.03. The number of pyridine rings is 1. The van der Waals surface area contributed by atoms with Gasteiger partial charge in [0.2, 0.25) is 0 Å². The molecule has 1 N–H and O–H groups in total. The Labute approximate surface area is 96.6 Å². The molecule has 1 aliphatic heterocycles. The van der Waals surface area contributed by atoms with Gasteiger partial charge in [0.1, 0.15) is 5.82 Å². The number of aromatic nitrogens is 1. The summed E-state index contributed by atoms with van der Waals surface area (Å²) >= 11 is 0. The minimum absolute atomic E-state index is 0.396. The van der Waals surface area contributed by atoms with Crippen LogP contribution in [0.4, 0.5) is 5.82 Å². The van der Waals surface area contributed by atoms with Crippen molar-refractivity contribution in [3.63, 3.8) is 0 Å². The van der Waals surface area contributed by atoms with Crippen molar-refractivity contribution >= 4 is 5.82 Å². The van der Waals surface area contributed by atoms with E-state index in [4.69, 9.17) is 4.74 Å². The second-order valence-electron chi connectivity index (χ2n) is 4.15. The van der Waals surface area contributed by atoms with E-state index in [1.54, 1.807) is 7.11 Å². The Bertz CT molecular complexity index is 343. The lowest BCUT2D eigenvalue weighted by Crippen LogP contribution is -2.22. The molecule has 1 saturated heterocycles. The molecule has 1 aliphatic rings. The zero-order chi connectivity index (χ0) is 11.4. The van der Waals surface area contributed by atoms with E-state index in [0.29, 0.717) is 6.10 Å². The van der Waals surface area contributed by atoms with Gasteiger partial charge in [-0.1, -0.05) is 6.07 Å². The Morgan fingerprint density at radius 1 is 1.56 bits per heavy atom. The Balaban J connectivity index is 1.94. The zero-order valence-corrected chi connectivity index (χ0v) is 9.94. The fraction of sp³-hybridized carbons (Fsp3) is 0.583. The molecule has 0 spiro atoms. The Morgan fingerprint density at radius 3 is 3.12 bits per heavy atom. The average molecular weight is 221 g/mol. The number of hydrogen-bond donors (Lipinski definition) is 1. The van der Waals surface area contributed by atoms with Crippen molar-refractivity contribution in [2.24, 2.45) is 0 Å². The smallest absolute Gasteiger partial charge is 0.126 e. The molecule has 2 rings (SSSR count). The van der Waals surface area contributed by atoms with Crippen LogP contribution in [0.2, 0.25) is 0 Å². The van der Waals surface area contributed by atoms with Crippen LogP contribution in [0.5, 0.6) is 0 Å². The summed E-state index contributed by atoms with van der Waals surface area (Å²) in [4.78, 5) is 6.90. The molecule has 4 nitrogen and oxygen atoms in total. The predicted octanol–water partition coefficient (Wildman–Crippen LogP) is 1.34. The quantitative estimate of drug-likeness (QED) is 0.832. The molecule has 88 valence electrons. The third-order valence-electron chi connectivity index (χ3n) is 3.01. The van der Waals surface area contributed by atoms with Gasteiger partial charge >= 0.3 is 0 Å². The van der Waals surface area contributed by atoms with E-state index >= 15 is 0 Å². The molecule has 1 fully saturated rings. The van der Waals surface area contributed by atoms with E-state index in [1.165, 1.54) is 0 Å². The van der Waals surface area contributed by atoms with Gasteiger partial charge in [-0.25, -0.2) is 4.98 Å². The molecule has 1 atom stereocenters. The molecule has 0 amide bonds. The summed E-state index contributed by atoms with van der Waals surface area (Å²) < 4.78 is 5.35. The normalized spacial score (nSPS) is 21.2. The largest absolute Gasteiger partial charge is 0.380 e. The maximum absolute atomic E-state index is 5.35. The first-order valence-electron chi connectivity index (χ1n) is 5.70. The highest BCUT2D eigenvalue weighted by Crippen LogP contribution is 2.15. The number of likely N-dealkylation sites (tertiary alicyclic amines) is 1. The lowest BCUT2D eigenvalue weighted by Gasteiger charge is -2.15.